The first kappa shape index (κ1) is 10.6. The smallest absolute Gasteiger partial charge is 0.134 e. The molecule has 74 valence electrons. The molecule has 0 aliphatic carbocycles. The van der Waals surface area contributed by atoms with Crippen molar-refractivity contribution in [3.8, 4) is 0 Å². The minimum absolute atomic E-state index is 0.341. The van der Waals surface area contributed by atoms with Crippen LogP contribution in [0, 0.1) is 0 Å². The predicted octanol–water partition coefficient (Wildman–Crippen LogP) is 2.16. The van der Waals surface area contributed by atoms with Gasteiger partial charge in [-0.2, -0.15) is 0 Å². The highest BCUT2D eigenvalue weighted by atomic mass is 32.1. The molecule has 1 unspecified atom stereocenters. The van der Waals surface area contributed by atoms with Crippen molar-refractivity contribution in [2.75, 3.05) is 6.54 Å². The van der Waals surface area contributed by atoms with Gasteiger partial charge < -0.3 is 5.32 Å². The van der Waals surface area contributed by atoms with E-state index >= 15 is 0 Å². The van der Waals surface area contributed by atoms with E-state index in [2.05, 4.69) is 36.3 Å². The summed E-state index contributed by atoms with van der Waals surface area (Å²) >= 11 is 1.72. The normalized spacial score (nSPS) is 13.2. The fourth-order valence-electron chi connectivity index (χ4n) is 1.15. The molecule has 0 amide bonds. The number of nitrogens with zero attached hydrogens (tertiary/aromatic N) is 2. The van der Waals surface area contributed by atoms with Gasteiger partial charge in [0.2, 0.25) is 0 Å². The number of aromatic nitrogens is 2. The minimum atomic E-state index is 0.341. The lowest BCUT2D eigenvalue weighted by atomic mass is 10.3. The second-order valence-corrected chi connectivity index (χ2v) is 4.16. The Labute approximate surface area is 83.6 Å². The van der Waals surface area contributed by atoms with Crippen LogP contribution in [0.15, 0.2) is 0 Å². The third-order valence-corrected chi connectivity index (χ3v) is 2.99. The molecule has 0 radical (unpaired) electrons. The van der Waals surface area contributed by atoms with Crippen LogP contribution < -0.4 is 5.32 Å². The van der Waals surface area contributed by atoms with Crippen LogP contribution in [-0.2, 0) is 6.42 Å². The average Bonchev–Trinajstić information content (AvgIpc) is 2.54. The van der Waals surface area contributed by atoms with Crippen molar-refractivity contribution in [1.82, 2.24) is 15.5 Å². The van der Waals surface area contributed by atoms with Gasteiger partial charge in [0.25, 0.3) is 0 Å². The molecule has 1 aromatic heterocycles. The van der Waals surface area contributed by atoms with Crippen LogP contribution >= 0.6 is 11.3 Å². The molecule has 0 saturated heterocycles. The van der Waals surface area contributed by atoms with E-state index in [0.717, 1.165) is 29.4 Å². The van der Waals surface area contributed by atoms with Gasteiger partial charge in [0, 0.05) is 6.42 Å². The van der Waals surface area contributed by atoms with E-state index in [9.17, 15) is 0 Å². The molecule has 4 heteroatoms. The second kappa shape index (κ2) is 5.29. The van der Waals surface area contributed by atoms with Crippen LogP contribution in [0.3, 0.4) is 0 Å². The summed E-state index contributed by atoms with van der Waals surface area (Å²) in [5, 5.41) is 13.9. The van der Waals surface area contributed by atoms with Crippen molar-refractivity contribution in [2.24, 2.45) is 0 Å². The van der Waals surface area contributed by atoms with E-state index in [1.807, 2.05) is 0 Å². The van der Waals surface area contributed by atoms with Gasteiger partial charge in [-0.3, -0.25) is 0 Å². The van der Waals surface area contributed by atoms with Crippen LogP contribution in [0.4, 0.5) is 0 Å². The zero-order valence-corrected chi connectivity index (χ0v) is 9.32. The monoisotopic (exact) mass is 199 g/mol. The number of aryl methyl sites for hydroxylation is 1. The van der Waals surface area contributed by atoms with Gasteiger partial charge >= 0.3 is 0 Å². The van der Waals surface area contributed by atoms with Crippen LogP contribution in [0.5, 0.6) is 0 Å². The van der Waals surface area contributed by atoms with Crippen LogP contribution in [0.25, 0.3) is 0 Å². The van der Waals surface area contributed by atoms with Crippen molar-refractivity contribution in [1.29, 1.82) is 0 Å². The maximum atomic E-state index is 4.16. The Morgan fingerprint density at radius 1 is 1.38 bits per heavy atom. The fraction of sp³-hybridized carbons (Fsp3) is 0.778. The van der Waals surface area contributed by atoms with Crippen LogP contribution in [-0.4, -0.2) is 16.7 Å². The summed E-state index contributed by atoms with van der Waals surface area (Å²) in [5.41, 5.74) is 0. The quantitative estimate of drug-likeness (QED) is 0.789. The van der Waals surface area contributed by atoms with E-state index in [0.29, 0.717) is 6.04 Å². The van der Waals surface area contributed by atoms with Gasteiger partial charge in [-0.25, -0.2) is 0 Å². The molecule has 0 spiro atoms. The Morgan fingerprint density at radius 3 is 2.77 bits per heavy atom. The largest absolute Gasteiger partial charge is 0.308 e. The van der Waals surface area contributed by atoms with E-state index in [4.69, 9.17) is 0 Å². The summed E-state index contributed by atoms with van der Waals surface area (Å²) in [4.78, 5) is 0. The summed E-state index contributed by atoms with van der Waals surface area (Å²) in [6.45, 7) is 7.36. The number of nitrogens with one attached hydrogen (secondary N) is 1. The maximum absolute atomic E-state index is 4.16. The van der Waals surface area contributed by atoms with Gasteiger partial charge in [-0.05, 0) is 19.9 Å². The molecular weight excluding hydrogens is 182 g/mol. The van der Waals surface area contributed by atoms with Gasteiger partial charge in [0.15, 0.2) is 0 Å². The average molecular weight is 199 g/mol. The van der Waals surface area contributed by atoms with Crippen molar-refractivity contribution < 1.29 is 0 Å². The molecule has 0 fully saturated rings. The Bertz CT molecular complexity index is 247. The Morgan fingerprint density at radius 2 is 2.15 bits per heavy atom. The molecule has 1 aromatic rings. The SMILES string of the molecule is CCCc1nnc(C(C)NCC)s1. The maximum Gasteiger partial charge on any atom is 0.134 e. The zero-order chi connectivity index (χ0) is 9.68. The topological polar surface area (TPSA) is 37.8 Å². The first-order valence-electron chi connectivity index (χ1n) is 4.83. The Hall–Kier alpha value is -0.480. The number of hydrogen-bond acceptors (Lipinski definition) is 4. The zero-order valence-electron chi connectivity index (χ0n) is 8.50. The van der Waals surface area contributed by atoms with E-state index in [1.54, 1.807) is 11.3 Å². The predicted molar refractivity (Wildman–Crippen MR) is 56.0 cm³/mol. The summed E-state index contributed by atoms with van der Waals surface area (Å²) < 4.78 is 0. The molecule has 1 rings (SSSR count). The summed E-state index contributed by atoms with van der Waals surface area (Å²) in [7, 11) is 0. The van der Waals surface area contributed by atoms with Crippen molar-refractivity contribution >= 4 is 11.3 Å². The lowest BCUT2D eigenvalue weighted by molar-refractivity contribution is 0.589. The summed E-state index contributed by atoms with van der Waals surface area (Å²) in [6, 6.07) is 0.341. The summed E-state index contributed by atoms with van der Waals surface area (Å²) in [5.74, 6) is 0. The lowest BCUT2D eigenvalue weighted by Crippen LogP contribution is -2.17. The van der Waals surface area contributed by atoms with Crippen molar-refractivity contribution in [2.45, 2.75) is 39.7 Å². The van der Waals surface area contributed by atoms with Crippen molar-refractivity contribution in [3.63, 3.8) is 0 Å². The molecule has 3 nitrogen and oxygen atoms in total. The van der Waals surface area contributed by atoms with E-state index in [1.165, 1.54) is 0 Å². The molecule has 0 bridgehead atoms. The highest BCUT2D eigenvalue weighted by Gasteiger charge is 2.09. The molecule has 0 saturated carbocycles. The van der Waals surface area contributed by atoms with E-state index < -0.39 is 0 Å². The molecular formula is C9H17N3S. The molecule has 1 atom stereocenters. The fourth-order valence-corrected chi connectivity index (χ4v) is 2.12. The third-order valence-electron chi connectivity index (χ3n) is 1.83. The van der Waals surface area contributed by atoms with Crippen molar-refractivity contribution in [3.05, 3.63) is 10.0 Å². The van der Waals surface area contributed by atoms with Gasteiger partial charge in [-0.15, -0.1) is 10.2 Å². The first-order chi connectivity index (χ1) is 6.27. The Balaban J connectivity index is 2.56. The third kappa shape index (κ3) is 3.04. The van der Waals surface area contributed by atoms with Gasteiger partial charge in [-0.1, -0.05) is 25.2 Å². The van der Waals surface area contributed by atoms with Crippen LogP contribution in [0.1, 0.15) is 43.2 Å². The molecule has 1 heterocycles. The van der Waals surface area contributed by atoms with E-state index in [-0.39, 0.29) is 0 Å². The van der Waals surface area contributed by atoms with Crippen LogP contribution in [0.2, 0.25) is 0 Å². The van der Waals surface area contributed by atoms with Gasteiger partial charge in [0.1, 0.15) is 10.0 Å². The molecule has 0 aliphatic rings. The molecule has 0 aromatic carbocycles. The molecule has 1 N–H and O–H groups in total. The minimum Gasteiger partial charge on any atom is -0.308 e. The summed E-state index contributed by atoms with van der Waals surface area (Å²) in [6.07, 6.45) is 2.20. The second-order valence-electron chi connectivity index (χ2n) is 3.06. The Kier molecular flexibility index (Phi) is 4.32. The lowest BCUT2D eigenvalue weighted by Gasteiger charge is -2.06. The molecule has 0 aliphatic heterocycles. The van der Waals surface area contributed by atoms with Gasteiger partial charge in [0.05, 0.1) is 6.04 Å². The number of rotatable bonds is 5. The highest BCUT2D eigenvalue weighted by Crippen LogP contribution is 2.18. The first-order valence-corrected chi connectivity index (χ1v) is 5.65. The highest BCUT2D eigenvalue weighted by molar-refractivity contribution is 7.11. The standard InChI is InChI=1S/C9H17N3S/c1-4-6-8-11-12-9(13-8)7(3)10-5-2/h7,10H,4-6H2,1-3H3. The molecule has 13 heavy (non-hydrogen) atoms. The number of hydrogen-bond donors (Lipinski definition) is 1.